The first-order valence-corrected chi connectivity index (χ1v) is 4.74. The van der Waals surface area contributed by atoms with Crippen molar-refractivity contribution >= 4 is 17.4 Å². The Bertz CT molecular complexity index is 504. The molecular formula is C10H4ClF4NO. The second-order valence-electron chi connectivity index (χ2n) is 3.05. The van der Waals surface area contributed by atoms with Gasteiger partial charge in [0.25, 0.3) is 0 Å². The topological polar surface area (TPSA) is 40.9 Å². The van der Waals surface area contributed by atoms with Gasteiger partial charge in [0.2, 0.25) is 0 Å². The molecule has 1 aromatic carbocycles. The van der Waals surface area contributed by atoms with Crippen LogP contribution >= 0.6 is 11.6 Å². The molecule has 2 nitrogen and oxygen atoms in total. The molecule has 0 amide bonds. The van der Waals surface area contributed by atoms with E-state index in [1.165, 1.54) is 6.07 Å². The normalized spacial score (nSPS) is 11.1. The summed E-state index contributed by atoms with van der Waals surface area (Å²) < 4.78 is 50.5. The third kappa shape index (κ3) is 2.74. The van der Waals surface area contributed by atoms with Gasteiger partial charge in [-0.25, -0.2) is 4.39 Å². The van der Waals surface area contributed by atoms with Gasteiger partial charge in [0.05, 0.1) is 17.5 Å². The molecule has 0 aromatic heterocycles. The zero-order valence-electron chi connectivity index (χ0n) is 8.11. The van der Waals surface area contributed by atoms with Crippen LogP contribution in [0.25, 0.3) is 0 Å². The van der Waals surface area contributed by atoms with Crippen molar-refractivity contribution in [2.24, 2.45) is 0 Å². The van der Waals surface area contributed by atoms with Crippen molar-refractivity contribution in [2.75, 3.05) is 5.88 Å². The number of hydrogen-bond acceptors (Lipinski definition) is 2. The minimum atomic E-state index is -4.99. The van der Waals surface area contributed by atoms with Crippen LogP contribution < -0.4 is 0 Å². The minimum absolute atomic E-state index is 0.359. The maximum absolute atomic E-state index is 13.2. The minimum Gasteiger partial charge on any atom is -0.293 e. The summed E-state index contributed by atoms with van der Waals surface area (Å²) in [5, 5.41) is 8.52. The number of halogens is 5. The van der Waals surface area contributed by atoms with Crippen LogP contribution in [0, 0.1) is 17.1 Å². The molecule has 90 valence electrons. The average molecular weight is 266 g/mol. The third-order valence-electron chi connectivity index (χ3n) is 1.94. The number of rotatable bonds is 2. The molecule has 0 atom stereocenters. The lowest BCUT2D eigenvalue weighted by atomic mass is 10.0. The number of Topliss-reactive ketones (excluding diaryl/α,β-unsaturated/α-hetero) is 1. The van der Waals surface area contributed by atoms with Gasteiger partial charge in [-0.1, -0.05) is 0 Å². The van der Waals surface area contributed by atoms with Crippen LogP contribution in [0.3, 0.4) is 0 Å². The highest BCUT2D eigenvalue weighted by Gasteiger charge is 2.37. The van der Waals surface area contributed by atoms with Gasteiger partial charge in [0, 0.05) is 5.56 Å². The standard InChI is InChI=1S/C10H4ClF4NO/c11-3-8(17)5-1-6(4-16)9(7(12)2-5)10(13,14)15/h1-2H,3H2. The second-order valence-corrected chi connectivity index (χ2v) is 3.31. The van der Waals surface area contributed by atoms with Crippen LogP contribution in [0.1, 0.15) is 21.5 Å². The fourth-order valence-electron chi connectivity index (χ4n) is 1.22. The van der Waals surface area contributed by atoms with E-state index in [-0.39, 0.29) is 5.56 Å². The van der Waals surface area contributed by atoms with Gasteiger partial charge in [-0.2, -0.15) is 18.4 Å². The van der Waals surface area contributed by atoms with Crippen molar-refractivity contribution in [1.82, 2.24) is 0 Å². The molecule has 0 spiro atoms. The lowest BCUT2D eigenvalue weighted by molar-refractivity contribution is -0.140. The predicted octanol–water partition coefficient (Wildman–Crippen LogP) is 3.14. The Morgan fingerprint density at radius 3 is 2.41 bits per heavy atom. The molecular weight excluding hydrogens is 262 g/mol. The fourth-order valence-corrected chi connectivity index (χ4v) is 1.38. The molecule has 0 aliphatic heterocycles. The molecule has 0 unspecified atom stereocenters. The lowest BCUT2D eigenvalue weighted by Crippen LogP contribution is -2.13. The van der Waals surface area contributed by atoms with E-state index in [0.717, 1.165) is 0 Å². The van der Waals surface area contributed by atoms with Crippen LogP contribution in [-0.2, 0) is 6.18 Å². The summed E-state index contributed by atoms with van der Waals surface area (Å²) in [6.45, 7) is 0. The summed E-state index contributed by atoms with van der Waals surface area (Å²) >= 11 is 5.19. The van der Waals surface area contributed by atoms with Gasteiger partial charge >= 0.3 is 6.18 Å². The Morgan fingerprint density at radius 1 is 1.41 bits per heavy atom. The highest BCUT2D eigenvalue weighted by molar-refractivity contribution is 6.30. The van der Waals surface area contributed by atoms with Crippen LogP contribution in [0.2, 0.25) is 0 Å². The van der Waals surface area contributed by atoms with Gasteiger partial charge < -0.3 is 0 Å². The van der Waals surface area contributed by atoms with Gasteiger partial charge in [-0.05, 0) is 12.1 Å². The molecule has 0 aliphatic carbocycles. The molecule has 0 aliphatic rings. The van der Waals surface area contributed by atoms with E-state index >= 15 is 0 Å². The molecule has 0 bridgehead atoms. The first kappa shape index (κ1) is 13.5. The third-order valence-corrected chi connectivity index (χ3v) is 2.18. The van der Waals surface area contributed by atoms with E-state index in [1.54, 1.807) is 0 Å². The summed E-state index contributed by atoms with van der Waals surface area (Å²) in [5.41, 5.74) is -2.97. The molecule has 0 saturated heterocycles. The monoisotopic (exact) mass is 265 g/mol. The SMILES string of the molecule is N#Cc1cc(C(=O)CCl)cc(F)c1C(F)(F)F. The Kier molecular flexibility index (Phi) is 3.73. The van der Waals surface area contributed by atoms with Crippen molar-refractivity contribution in [1.29, 1.82) is 5.26 Å². The van der Waals surface area contributed by atoms with E-state index < -0.39 is 34.8 Å². The molecule has 17 heavy (non-hydrogen) atoms. The molecule has 0 fully saturated rings. The predicted molar refractivity (Wildman–Crippen MR) is 51.2 cm³/mol. The summed E-state index contributed by atoms with van der Waals surface area (Å²) in [4.78, 5) is 11.1. The molecule has 7 heteroatoms. The average Bonchev–Trinajstić information content (AvgIpc) is 2.24. The zero-order valence-corrected chi connectivity index (χ0v) is 8.86. The maximum atomic E-state index is 13.2. The van der Waals surface area contributed by atoms with Crippen molar-refractivity contribution < 1.29 is 22.4 Å². The van der Waals surface area contributed by atoms with Gasteiger partial charge in [0.15, 0.2) is 5.78 Å². The van der Waals surface area contributed by atoms with Crippen molar-refractivity contribution in [3.8, 4) is 6.07 Å². The number of hydrogen-bond donors (Lipinski definition) is 0. The summed E-state index contributed by atoms with van der Waals surface area (Å²) in [6.07, 6.45) is -4.99. The van der Waals surface area contributed by atoms with Crippen molar-refractivity contribution in [3.05, 3.63) is 34.6 Å². The summed E-state index contributed by atoms with van der Waals surface area (Å²) in [5.74, 6) is -2.92. The van der Waals surface area contributed by atoms with E-state index in [4.69, 9.17) is 16.9 Å². The number of alkyl halides is 4. The molecule has 1 rings (SSSR count). The highest BCUT2D eigenvalue weighted by Crippen LogP contribution is 2.34. The first-order valence-electron chi connectivity index (χ1n) is 4.21. The number of benzene rings is 1. The number of nitrogens with zero attached hydrogens (tertiary/aromatic N) is 1. The number of carbonyl (C=O) groups excluding carboxylic acids is 1. The number of nitriles is 1. The Morgan fingerprint density at radius 2 is 2.00 bits per heavy atom. The van der Waals surface area contributed by atoms with E-state index in [9.17, 15) is 22.4 Å². The maximum Gasteiger partial charge on any atom is 0.420 e. The van der Waals surface area contributed by atoms with Gasteiger partial charge in [0.1, 0.15) is 11.4 Å². The smallest absolute Gasteiger partial charge is 0.293 e. The molecule has 0 heterocycles. The largest absolute Gasteiger partial charge is 0.420 e. The van der Waals surface area contributed by atoms with Crippen molar-refractivity contribution in [2.45, 2.75) is 6.18 Å². The quantitative estimate of drug-likeness (QED) is 0.468. The lowest BCUT2D eigenvalue weighted by Gasteiger charge is -2.10. The van der Waals surface area contributed by atoms with E-state index in [1.807, 2.05) is 0 Å². The molecule has 0 N–H and O–H groups in total. The molecule has 0 saturated carbocycles. The fraction of sp³-hybridized carbons (Fsp3) is 0.200. The number of carbonyl (C=O) groups is 1. The van der Waals surface area contributed by atoms with E-state index in [0.29, 0.717) is 12.1 Å². The van der Waals surface area contributed by atoms with Crippen LogP contribution in [-0.4, -0.2) is 11.7 Å². The molecule has 0 radical (unpaired) electrons. The van der Waals surface area contributed by atoms with Crippen LogP contribution in [0.5, 0.6) is 0 Å². The summed E-state index contributed by atoms with van der Waals surface area (Å²) in [6, 6.07) is 2.31. The van der Waals surface area contributed by atoms with Gasteiger partial charge in [-0.15, -0.1) is 11.6 Å². The highest BCUT2D eigenvalue weighted by atomic mass is 35.5. The van der Waals surface area contributed by atoms with Gasteiger partial charge in [-0.3, -0.25) is 4.79 Å². The van der Waals surface area contributed by atoms with Crippen LogP contribution in [0.15, 0.2) is 12.1 Å². The number of ketones is 1. The van der Waals surface area contributed by atoms with Crippen molar-refractivity contribution in [3.63, 3.8) is 0 Å². The Labute approximate surface area is 98.4 Å². The summed E-state index contributed by atoms with van der Waals surface area (Å²) in [7, 11) is 0. The Balaban J connectivity index is 3.48. The zero-order chi connectivity index (χ0) is 13.2. The second kappa shape index (κ2) is 4.72. The van der Waals surface area contributed by atoms with Crippen LogP contribution in [0.4, 0.5) is 17.6 Å². The van der Waals surface area contributed by atoms with E-state index in [2.05, 4.69) is 0 Å². The Hall–Kier alpha value is -1.61. The first-order chi connectivity index (χ1) is 7.81. The molecule has 1 aromatic rings.